The highest BCUT2D eigenvalue weighted by molar-refractivity contribution is 5.70. The average Bonchev–Trinajstić information content (AvgIpc) is 2.67. The summed E-state index contributed by atoms with van der Waals surface area (Å²) in [6.45, 7) is 5.91. The molecule has 9 nitrogen and oxygen atoms in total. The zero-order chi connectivity index (χ0) is 19.2. The van der Waals surface area contributed by atoms with Gasteiger partial charge < -0.3 is 19.9 Å². The van der Waals surface area contributed by atoms with Crippen LogP contribution in [0, 0.1) is 10.1 Å². The van der Waals surface area contributed by atoms with E-state index in [-0.39, 0.29) is 11.5 Å². The first-order valence-corrected chi connectivity index (χ1v) is 8.97. The van der Waals surface area contributed by atoms with Gasteiger partial charge in [0.1, 0.15) is 12.1 Å². The summed E-state index contributed by atoms with van der Waals surface area (Å²) in [6, 6.07) is 7.60. The van der Waals surface area contributed by atoms with Crippen LogP contribution in [0.25, 0.3) is 0 Å². The standard InChI is InChI=1S/C18H24N6O3/c1-3-27-15-7-5-4-6-14(15)12-19-17-16(24(25)26)18(21-13-20-17)23-10-8-22(2)9-11-23/h4-7,13H,3,8-12H2,1-2H3,(H,19,20,21). The van der Waals surface area contributed by atoms with Crippen LogP contribution < -0.4 is 15.0 Å². The SMILES string of the molecule is CCOc1ccccc1CNc1ncnc(N2CCN(C)CC2)c1[N+](=O)[O-]. The molecule has 1 aromatic heterocycles. The van der Waals surface area contributed by atoms with Gasteiger partial charge in [0.25, 0.3) is 0 Å². The van der Waals surface area contributed by atoms with E-state index in [0.717, 1.165) is 24.4 Å². The van der Waals surface area contributed by atoms with Crippen LogP contribution in [0.2, 0.25) is 0 Å². The second-order valence-electron chi connectivity index (χ2n) is 6.34. The second-order valence-corrected chi connectivity index (χ2v) is 6.34. The van der Waals surface area contributed by atoms with Crippen molar-refractivity contribution in [3.63, 3.8) is 0 Å². The summed E-state index contributed by atoms with van der Waals surface area (Å²) >= 11 is 0. The lowest BCUT2D eigenvalue weighted by Crippen LogP contribution is -2.45. The number of likely N-dealkylation sites (N-methyl/N-ethyl adjacent to an activating group) is 1. The number of nitro groups is 1. The van der Waals surface area contributed by atoms with E-state index in [1.165, 1.54) is 6.33 Å². The lowest BCUT2D eigenvalue weighted by molar-refractivity contribution is -0.383. The molecule has 0 saturated carbocycles. The zero-order valence-electron chi connectivity index (χ0n) is 15.6. The van der Waals surface area contributed by atoms with Crippen molar-refractivity contribution in [1.29, 1.82) is 0 Å². The van der Waals surface area contributed by atoms with Gasteiger partial charge in [0.2, 0.25) is 11.6 Å². The van der Waals surface area contributed by atoms with Gasteiger partial charge in [0.05, 0.1) is 11.5 Å². The van der Waals surface area contributed by atoms with Gasteiger partial charge in [0, 0.05) is 38.3 Å². The molecular weight excluding hydrogens is 348 g/mol. The molecule has 1 aliphatic rings. The van der Waals surface area contributed by atoms with E-state index in [2.05, 4.69) is 20.2 Å². The first kappa shape index (κ1) is 18.8. The molecule has 1 aliphatic heterocycles. The zero-order valence-corrected chi connectivity index (χ0v) is 15.6. The molecule has 0 aliphatic carbocycles. The maximum atomic E-state index is 11.8. The highest BCUT2D eigenvalue weighted by Gasteiger charge is 2.28. The Bertz CT molecular complexity index is 792. The first-order valence-electron chi connectivity index (χ1n) is 8.97. The third-order valence-electron chi connectivity index (χ3n) is 4.51. The fourth-order valence-electron chi connectivity index (χ4n) is 3.04. The van der Waals surface area contributed by atoms with Gasteiger partial charge in [-0.2, -0.15) is 0 Å². The molecule has 0 radical (unpaired) electrons. The summed E-state index contributed by atoms with van der Waals surface area (Å²) in [4.78, 5) is 23.8. The van der Waals surface area contributed by atoms with Gasteiger partial charge in [0.15, 0.2) is 0 Å². The number of ether oxygens (including phenoxy) is 1. The van der Waals surface area contributed by atoms with Crippen LogP contribution in [0.3, 0.4) is 0 Å². The molecule has 9 heteroatoms. The third-order valence-corrected chi connectivity index (χ3v) is 4.51. The molecule has 0 atom stereocenters. The third kappa shape index (κ3) is 4.43. The summed E-state index contributed by atoms with van der Waals surface area (Å²) in [5, 5.41) is 14.8. The number of hydrogen-bond acceptors (Lipinski definition) is 8. The number of anilines is 2. The number of rotatable bonds is 7. The predicted molar refractivity (Wildman–Crippen MR) is 103 cm³/mol. The number of aromatic nitrogens is 2. The Hall–Kier alpha value is -2.94. The Balaban J connectivity index is 1.83. The molecule has 2 heterocycles. The highest BCUT2D eigenvalue weighted by atomic mass is 16.6. The Kier molecular flexibility index (Phi) is 6.02. The molecule has 2 aromatic rings. The van der Waals surface area contributed by atoms with Crippen molar-refractivity contribution < 1.29 is 9.66 Å². The van der Waals surface area contributed by atoms with Crippen LogP contribution in [0.15, 0.2) is 30.6 Å². The molecule has 0 unspecified atom stereocenters. The van der Waals surface area contributed by atoms with Crippen molar-refractivity contribution in [3.05, 3.63) is 46.3 Å². The van der Waals surface area contributed by atoms with Crippen LogP contribution >= 0.6 is 0 Å². The van der Waals surface area contributed by atoms with Gasteiger partial charge in [-0.1, -0.05) is 18.2 Å². The van der Waals surface area contributed by atoms with Gasteiger partial charge >= 0.3 is 5.69 Å². The van der Waals surface area contributed by atoms with Crippen LogP contribution in [0.1, 0.15) is 12.5 Å². The Labute approximate surface area is 158 Å². The summed E-state index contributed by atoms with van der Waals surface area (Å²) in [6.07, 6.45) is 1.37. The van der Waals surface area contributed by atoms with Crippen molar-refractivity contribution in [2.24, 2.45) is 0 Å². The molecule has 1 N–H and O–H groups in total. The largest absolute Gasteiger partial charge is 0.494 e. The normalized spacial score (nSPS) is 14.8. The number of piperazine rings is 1. The topological polar surface area (TPSA) is 96.7 Å². The lowest BCUT2D eigenvalue weighted by atomic mass is 10.2. The minimum atomic E-state index is -0.412. The van der Waals surface area contributed by atoms with Crippen LogP contribution in [0.4, 0.5) is 17.3 Å². The number of nitrogens with zero attached hydrogens (tertiary/aromatic N) is 5. The number of para-hydroxylation sites is 1. The molecule has 1 fully saturated rings. The second kappa shape index (κ2) is 8.63. The Morgan fingerprint density at radius 3 is 2.67 bits per heavy atom. The molecule has 1 saturated heterocycles. The van der Waals surface area contributed by atoms with E-state index in [1.807, 2.05) is 43.1 Å². The van der Waals surface area contributed by atoms with Gasteiger partial charge in [-0.15, -0.1) is 0 Å². The van der Waals surface area contributed by atoms with Crippen LogP contribution in [0.5, 0.6) is 5.75 Å². The smallest absolute Gasteiger partial charge is 0.353 e. The number of hydrogen-bond donors (Lipinski definition) is 1. The molecular formula is C18H24N6O3. The van der Waals surface area contributed by atoms with E-state index in [4.69, 9.17) is 4.74 Å². The maximum Gasteiger partial charge on any atom is 0.353 e. The van der Waals surface area contributed by atoms with E-state index in [1.54, 1.807) is 0 Å². The van der Waals surface area contributed by atoms with Crippen molar-refractivity contribution >= 4 is 17.3 Å². The van der Waals surface area contributed by atoms with E-state index in [9.17, 15) is 10.1 Å². The van der Waals surface area contributed by atoms with Crippen molar-refractivity contribution in [3.8, 4) is 5.75 Å². The van der Waals surface area contributed by atoms with Crippen LogP contribution in [-0.2, 0) is 6.54 Å². The number of benzene rings is 1. The predicted octanol–water partition coefficient (Wildman–Crippen LogP) is 2.15. The fraction of sp³-hybridized carbons (Fsp3) is 0.444. The van der Waals surface area contributed by atoms with Crippen LogP contribution in [-0.4, -0.2) is 59.6 Å². The summed E-state index contributed by atoms with van der Waals surface area (Å²) in [7, 11) is 2.04. The Morgan fingerprint density at radius 1 is 1.22 bits per heavy atom. The monoisotopic (exact) mass is 372 g/mol. The van der Waals surface area contributed by atoms with Gasteiger partial charge in [-0.25, -0.2) is 9.97 Å². The quantitative estimate of drug-likeness (QED) is 0.583. The molecule has 3 rings (SSSR count). The molecule has 144 valence electrons. The average molecular weight is 372 g/mol. The molecule has 1 aromatic carbocycles. The molecule has 0 amide bonds. The molecule has 0 bridgehead atoms. The minimum absolute atomic E-state index is 0.0871. The summed E-state index contributed by atoms with van der Waals surface area (Å²) < 4.78 is 5.61. The van der Waals surface area contributed by atoms with Crippen molar-refractivity contribution in [2.75, 3.05) is 50.1 Å². The maximum absolute atomic E-state index is 11.8. The van der Waals surface area contributed by atoms with Gasteiger partial charge in [-0.05, 0) is 20.0 Å². The summed E-state index contributed by atoms with van der Waals surface area (Å²) in [5.41, 5.74) is 0.823. The summed E-state index contributed by atoms with van der Waals surface area (Å²) in [5.74, 6) is 1.34. The fourth-order valence-corrected chi connectivity index (χ4v) is 3.04. The molecule has 27 heavy (non-hydrogen) atoms. The highest BCUT2D eigenvalue weighted by Crippen LogP contribution is 2.33. The van der Waals surface area contributed by atoms with E-state index >= 15 is 0 Å². The lowest BCUT2D eigenvalue weighted by Gasteiger charge is -2.32. The van der Waals surface area contributed by atoms with E-state index < -0.39 is 4.92 Å². The van der Waals surface area contributed by atoms with Crippen molar-refractivity contribution in [2.45, 2.75) is 13.5 Å². The number of nitrogens with one attached hydrogen (secondary N) is 1. The first-order chi connectivity index (χ1) is 13.1. The molecule has 0 spiro atoms. The van der Waals surface area contributed by atoms with Gasteiger partial charge in [-0.3, -0.25) is 10.1 Å². The minimum Gasteiger partial charge on any atom is -0.494 e. The van der Waals surface area contributed by atoms with E-state index in [0.29, 0.717) is 32.1 Å². The Morgan fingerprint density at radius 2 is 1.96 bits per heavy atom. The van der Waals surface area contributed by atoms with Crippen molar-refractivity contribution in [1.82, 2.24) is 14.9 Å².